The molecule has 25 heavy (non-hydrogen) atoms. The molecule has 2 aliphatic heterocycles. The first kappa shape index (κ1) is 17.4. The summed E-state index contributed by atoms with van der Waals surface area (Å²) in [7, 11) is 0. The van der Waals surface area contributed by atoms with Gasteiger partial charge in [0.15, 0.2) is 0 Å². The molecule has 0 aromatic heterocycles. The number of ether oxygens (including phenoxy) is 1. The average Bonchev–Trinajstić information content (AvgIpc) is 2.59. The average molecular weight is 345 g/mol. The highest BCUT2D eigenvalue weighted by molar-refractivity contribution is 5.95. The molecule has 0 radical (unpaired) electrons. The Bertz CT molecular complexity index is 659. The number of nitrogens with zero attached hydrogens (tertiary/aromatic N) is 1. The number of nitrogens with one attached hydrogen (secondary N) is 2. The molecule has 2 aliphatic rings. The number of amides is 2. The number of rotatable bonds is 4. The maximum absolute atomic E-state index is 12.3. The minimum atomic E-state index is -0.502. The molecule has 134 valence electrons. The van der Waals surface area contributed by atoms with Crippen molar-refractivity contribution in [2.75, 3.05) is 23.8 Å². The van der Waals surface area contributed by atoms with Crippen molar-refractivity contribution in [2.45, 2.75) is 44.7 Å². The van der Waals surface area contributed by atoms with E-state index >= 15 is 0 Å². The first-order valence-corrected chi connectivity index (χ1v) is 8.63. The molecule has 2 N–H and O–H groups in total. The molecule has 3 rings (SSSR count). The van der Waals surface area contributed by atoms with E-state index < -0.39 is 6.04 Å². The summed E-state index contributed by atoms with van der Waals surface area (Å²) in [5.41, 5.74) is 1.29. The van der Waals surface area contributed by atoms with Crippen molar-refractivity contribution in [2.24, 2.45) is 0 Å². The number of anilines is 2. The first-order valence-electron chi connectivity index (χ1n) is 8.63. The molecular weight excluding hydrogens is 322 g/mol. The standard InChI is InChI=1S/C18H23N3O4/c1-12(22)19-13-5-7-14(8-6-13)20-17(23)10-16-18(24)25-11-15-4-2-3-9-21(15)16/h5-8,15-16H,2-4,9-11H2,1H3,(H,19,22)(H,20,23). The zero-order valence-electron chi connectivity index (χ0n) is 14.3. The van der Waals surface area contributed by atoms with Gasteiger partial charge in [0.2, 0.25) is 11.8 Å². The summed E-state index contributed by atoms with van der Waals surface area (Å²) in [4.78, 5) is 37.6. The van der Waals surface area contributed by atoms with Gasteiger partial charge >= 0.3 is 5.97 Å². The fraction of sp³-hybridized carbons (Fsp3) is 0.500. The van der Waals surface area contributed by atoms with Gasteiger partial charge in [-0.1, -0.05) is 6.42 Å². The summed E-state index contributed by atoms with van der Waals surface area (Å²) in [6, 6.07) is 6.59. The van der Waals surface area contributed by atoms with E-state index in [4.69, 9.17) is 4.74 Å². The Labute approximate surface area is 146 Å². The number of cyclic esters (lactones) is 1. The molecular formula is C18H23N3O4. The predicted octanol–water partition coefficient (Wildman–Crippen LogP) is 1.75. The van der Waals surface area contributed by atoms with Crippen molar-refractivity contribution in [3.8, 4) is 0 Å². The molecule has 7 heteroatoms. The molecule has 7 nitrogen and oxygen atoms in total. The predicted molar refractivity (Wildman–Crippen MR) is 93.1 cm³/mol. The molecule has 2 unspecified atom stereocenters. The van der Waals surface area contributed by atoms with E-state index in [1.807, 2.05) is 0 Å². The Hall–Kier alpha value is -2.41. The van der Waals surface area contributed by atoms with Gasteiger partial charge in [0.05, 0.1) is 6.42 Å². The summed E-state index contributed by atoms with van der Waals surface area (Å²) in [5, 5.41) is 5.47. The number of carbonyl (C=O) groups excluding carboxylic acids is 3. The van der Waals surface area contributed by atoms with Crippen LogP contribution in [0, 0.1) is 0 Å². The topological polar surface area (TPSA) is 87.7 Å². The van der Waals surface area contributed by atoms with Crippen LogP contribution in [0.3, 0.4) is 0 Å². The van der Waals surface area contributed by atoms with Crippen LogP contribution in [0.4, 0.5) is 11.4 Å². The van der Waals surface area contributed by atoms with E-state index in [9.17, 15) is 14.4 Å². The number of hydrogen-bond donors (Lipinski definition) is 2. The summed E-state index contributed by atoms with van der Waals surface area (Å²) in [6.45, 7) is 2.71. The summed E-state index contributed by atoms with van der Waals surface area (Å²) < 4.78 is 5.26. The summed E-state index contributed by atoms with van der Waals surface area (Å²) >= 11 is 0. The number of benzene rings is 1. The quantitative estimate of drug-likeness (QED) is 0.812. The monoisotopic (exact) mass is 345 g/mol. The zero-order chi connectivity index (χ0) is 17.8. The smallest absolute Gasteiger partial charge is 0.323 e. The third-order valence-corrected chi connectivity index (χ3v) is 4.63. The van der Waals surface area contributed by atoms with Crippen LogP contribution in [0.2, 0.25) is 0 Å². The molecule has 0 aliphatic carbocycles. The highest BCUT2D eigenvalue weighted by Crippen LogP contribution is 2.26. The normalized spacial score (nSPS) is 23.3. The number of morpholine rings is 1. The van der Waals surface area contributed by atoms with Crippen molar-refractivity contribution in [3.05, 3.63) is 24.3 Å². The van der Waals surface area contributed by atoms with E-state index in [1.165, 1.54) is 6.92 Å². The fourth-order valence-electron chi connectivity index (χ4n) is 3.45. The largest absolute Gasteiger partial charge is 0.463 e. The number of hydrogen-bond acceptors (Lipinski definition) is 5. The molecule has 2 fully saturated rings. The Kier molecular flexibility index (Phi) is 5.33. The lowest BCUT2D eigenvalue weighted by atomic mass is 9.97. The van der Waals surface area contributed by atoms with Gasteiger partial charge in [-0.3, -0.25) is 19.3 Å². The Morgan fingerprint density at radius 1 is 1.16 bits per heavy atom. The van der Waals surface area contributed by atoms with Crippen LogP contribution < -0.4 is 10.6 Å². The SMILES string of the molecule is CC(=O)Nc1ccc(NC(=O)CC2C(=O)OCC3CCCCN32)cc1. The third kappa shape index (κ3) is 4.36. The van der Waals surface area contributed by atoms with Gasteiger partial charge in [-0.25, -0.2) is 0 Å². The summed E-state index contributed by atoms with van der Waals surface area (Å²) in [6.07, 6.45) is 3.28. The molecule has 1 aromatic carbocycles. The Morgan fingerprint density at radius 3 is 2.52 bits per heavy atom. The highest BCUT2D eigenvalue weighted by atomic mass is 16.5. The van der Waals surface area contributed by atoms with Crippen molar-refractivity contribution in [1.82, 2.24) is 4.90 Å². The van der Waals surface area contributed by atoms with Gasteiger partial charge in [-0.2, -0.15) is 0 Å². The Balaban J connectivity index is 1.59. The van der Waals surface area contributed by atoms with Crippen LogP contribution >= 0.6 is 0 Å². The molecule has 2 heterocycles. The van der Waals surface area contributed by atoms with Gasteiger partial charge in [0.1, 0.15) is 12.6 Å². The van der Waals surface area contributed by atoms with Crippen LogP contribution in [0.15, 0.2) is 24.3 Å². The van der Waals surface area contributed by atoms with E-state index in [1.54, 1.807) is 24.3 Å². The maximum atomic E-state index is 12.3. The van der Waals surface area contributed by atoms with Gasteiger partial charge < -0.3 is 15.4 Å². The molecule has 2 saturated heterocycles. The minimum absolute atomic E-state index is 0.0861. The second kappa shape index (κ2) is 7.65. The van der Waals surface area contributed by atoms with Crippen LogP contribution in [-0.4, -0.2) is 47.9 Å². The van der Waals surface area contributed by atoms with Gasteiger partial charge in [-0.05, 0) is 43.7 Å². The lowest BCUT2D eigenvalue weighted by molar-refractivity contribution is -0.165. The van der Waals surface area contributed by atoms with E-state index in [0.717, 1.165) is 25.8 Å². The highest BCUT2D eigenvalue weighted by Gasteiger charge is 2.40. The van der Waals surface area contributed by atoms with Crippen molar-refractivity contribution < 1.29 is 19.1 Å². The maximum Gasteiger partial charge on any atom is 0.323 e. The fourth-order valence-corrected chi connectivity index (χ4v) is 3.45. The molecule has 2 atom stereocenters. The molecule has 0 bridgehead atoms. The number of carbonyl (C=O) groups is 3. The zero-order valence-corrected chi connectivity index (χ0v) is 14.3. The number of esters is 1. The van der Waals surface area contributed by atoms with Crippen LogP contribution in [0.5, 0.6) is 0 Å². The molecule has 2 amide bonds. The number of piperidine rings is 1. The van der Waals surface area contributed by atoms with Crippen molar-refractivity contribution in [3.63, 3.8) is 0 Å². The van der Waals surface area contributed by atoms with Gasteiger partial charge in [0.25, 0.3) is 0 Å². The third-order valence-electron chi connectivity index (χ3n) is 4.63. The second-order valence-corrected chi connectivity index (χ2v) is 6.54. The Morgan fingerprint density at radius 2 is 1.84 bits per heavy atom. The van der Waals surface area contributed by atoms with Crippen molar-refractivity contribution in [1.29, 1.82) is 0 Å². The minimum Gasteiger partial charge on any atom is -0.463 e. The van der Waals surface area contributed by atoms with Crippen molar-refractivity contribution >= 4 is 29.2 Å². The van der Waals surface area contributed by atoms with E-state index in [-0.39, 0.29) is 30.2 Å². The lowest BCUT2D eigenvalue weighted by Gasteiger charge is -2.43. The molecule has 0 saturated carbocycles. The van der Waals surface area contributed by atoms with Gasteiger partial charge in [-0.15, -0.1) is 0 Å². The summed E-state index contributed by atoms with van der Waals surface area (Å²) in [5.74, 6) is -0.682. The molecule has 0 spiro atoms. The van der Waals surface area contributed by atoms with Crippen LogP contribution in [0.1, 0.15) is 32.6 Å². The molecule has 1 aromatic rings. The van der Waals surface area contributed by atoms with Gasteiger partial charge in [0, 0.05) is 24.3 Å². The first-order chi connectivity index (χ1) is 12.0. The van der Waals surface area contributed by atoms with E-state index in [2.05, 4.69) is 15.5 Å². The second-order valence-electron chi connectivity index (χ2n) is 6.54. The van der Waals surface area contributed by atoms with Crippen LogP contribution in [0.25, 0.3) is 0 Å². The van der Waals surface area contributed by atoms with Crippen LogP contribution in [-0.2, 0) is 19.1 Å². The lowest BCUT2D eigenvalue weighted by Crippen LogP contribution is -2.57. The number of fused-ring (bicyclic) bond motifs is 1. The van der Waals surface area contributed by atoms with E-state index in [0.29, 0.717) is 18.0 Å².